The lowest BCUT2D eigenvalue weighted by molar-refractivity contribution is -0.133. The number of aryl methyl sites for hydroxylation is 2. The molecule has 11 heteroatoms. The third-order valence-corrected chi connectivity index (χ3v) is 8.52. The zero-order valence-electron chi connectivity index (χ0n) is 21.1. The third kappa shape index (κ3) is 6.46. The van der Waals surface area contributed by atoms with E-state index in [1.54, 1.807) is 6.07 Å². The van der Waals surface area contributed by atoms with Gasteiger partial charge in [0, 0.05) is 68.4 Å². The Hall–Kier alpha value is -1.15. The predicted octanol–water partition coefficient (Wildman–Crippen LogP) is 2.87. The van der Waals surface area contributed by atoms with E-state index in [1.165, 1.54) is 5.56 Å². The van der Waals surface area contributed by atoms with Gasteiger partial charge in [-0.15, -0.1) is 0 Å². The van der Waals surface area contributed by atoms with Crippen LogP contribution in [-0.4, -0.2) is 97.1 Å². The molecule has 4 rings (SSSR count). The summed E-state index contributed by atoms with van der Waals surface area (Å²) in [7, 11) is 0. The van der Waals surface area contributed by atoms with Crippen LogP contribution in [0.25, 0.3) is 0 Å². The van der Waals surface area contributed by atoms with Crippen molar-refractivity contribution in [1.82, 2.24) is 25.2 Å². The highest BCUT2D eigenvalue weighted by Gasteiger charge is 2.43. The summed E-state index contributed by atoms with van der Waals surface area (Å²) >= 11 is 14.6. The van der Waals surface area contributed by atoms with Crippen LogP contribution in [0.2, 0.25) is 10.0 Å². The molecule has 0 aliphatic carbocycles. The predicted molar refractivity (Wildman–Crippen MR) is 141 cm³/mol. The topological polar surface area (TPSA) is 85.1 Å². The minimum Gasteiger partial charge on any atom is -0.397 e. The summed E-state index contributed by atoms with van der Waals surface area (Å²) < 4.78 is 5.34. The molecule has 2 saturated heterocycles. The number of rotatable bonds is 11. The number of carbonyl (C=O) groups excluding carboxylic acids is 1. The average molecular weight is 550 g/mol. The Morgan fingerprint density at radius 2 is 2.00 bits per heavy atom. The maximum atomic E-state index is 13.4. The first-order valence-electron chi connectivity index (χ1n) is 12.4. The summed E-state index contributed by atoms with van der Waals surface area (Å²) in [6.45, 7) is 10.5. The second kappa shape index (κ2) is 12.1. The fraction of sp³-hybridized carbons (Fsp3) is 0.600. The van der Waals surface area contributed by atoms with E-state index in [9.17, 15) is 9.90 Å². The van der Waals surface area contributed by atoms with Crippen molar-refractivity contribution in [2.75, 3.05) is 32.7 Å². The van der Waals surface area contributed by atoms with Gasteiger partial charge in [0.05, 0.1) is 21.8 Å². The van der Waals surface area contributed by atoms with Gasteiger partial charge < -0.3 is 19.8 Å². The van der Waals surface area contributed by atoms with E-state index in [0.717, 1.165) is 49.6 Å². The number of aliphatic hydroxyl groups is 1. The van der Waals surface area contributed by atoms with Gasteiger partial charge in [-0.25, -0.2) is 0 Å². The summed E-state index contributed by atoms with van der Waals surface area (Å²) in [6, 6.07) is 6.29. The molecule has 0 spiro atoms. The van der Waals surface area contributed by atoms with Crippen molar-refractivity contribution >= 4 is 45.4 Å². The first kappa shape index (κ1) is 27.9. The van der Waals surface area contributed by atoms with Crippen molar-refractivity contribution < 1.29 is 14.4 Å². The largest absolute Gasteiger partial charge is 0.397 e. The summed E-state index contributed by atoms with van der Waals surface area (Å²) in [5.74, 6) is 0.988. The van der Waals surface area contributed by atoms with E-state index in [-0.39, 0.29) is 11.9 Å². The molecule has 1 amide bonds. The van der Waals surface area contributed by atoms with Crippen LogP contribution < -0.4 is 5.32 Å². The van der Waals surface area contributed by atoms with E-state index in [1.807, 2.05) is 37.8 Å². The number of nitrogens with one attached hydrogen (secondary N) is 1. The number of amides is 1. The minimum absolute atomic E-state index is 0.0870. The number of carbonyl (C=O) groups is 1. The van der Waals surface area contributed by atoms with E-state index in [4.69, 9.17) is 27.7 Å². The maximum absolute atomic E-state index is 13.4. The molecule has 36 heavy (non-hydrogen) atoms. The Kier molecular flexibility index (Phi) is 9.40. The van der Waals surface area contributed by atoms with Gasteiger partial charge in [-0.2, -0.15) is 0 Å². The molecule has 2 N–H and O–H groups in total. The highest BCUT2D eigenvalue weighted by Crippen LogP contribution is 2.33. The van der Waals surface area contributed by atoms with Crippen molar-refractivity contribution in [3.63, 3.8) is 0 Å². The van der Waals surface area contributed by atoms with E-state index in [0.29, 0.717) is 41.6 Å². The fourth-order valence-corrected chi connectivity index (χ4v) is 5.91. The molecule has 2 fully saturated rings. The minimum atomic E-state index is -0.712. The molecule has 1 aromatic carbocycles. The molecule has 4 unspecified atom stereocenters. The zero-order chi connectivity index (χ0) is 26.0. The normalized spacial score (nSPS) is 21.7. The standard InChI is InChI=1S/C25H34Cl2N5O3.Al/c1-16-22(18(3)35-29-16)14-31-13-20-11-21(31)12-30(20)8-6-25(34)32(9-7-28-15-33)17(2)19-4-5-23(26)24(27)10-19;/h4-5,10,15,17,20-21,28,33H,6-9,11-14H2,1-3H3;. The van der Waals surface area contributed by atoms with E-state index < -0.39 is 5.09 Å². The Labute approximate surface area is 231 Å². The van der Waals surface area contributed by atoms with Gasteiger partial charge in [0.15, 0.2) is 16.3 Å². The number of piperazine rings is 1. The third-order valence-electron chi connectivity index (χ3n) is 7.54. The number of fused-ring (bicyclic) bond motifs is 2. The quantitative estimate of drug-likeness (QED) is 0.329. The van der Waals surface area contributed by atoms with Gasteiger partial charge in [0.1, 0.15) is 5.76 Å². The van der Waals surface area contributed by atoms with Gasteiger partial charge in [0.25, 0.3) is 0 Å². The van der Waals surface area contributed by atoms with Crippen molar-refractivity contribution in [3.05, 3.63) is 50.8 Å². The van der Waals surface area contributed by atoms with Crippen molar-refractivity contribution in [3.8, 4) is 0 Å². The molecule has 8 nitrogen and oxygen atoms in total. The number of benzene rings is 1. The highest BCUT2D eigenvalue weighted by atomic mass is 35.5. The molecule has 2 aromatic rings. The lowest BCUT2D eigenvalue weighted by Crippen LogP contribution is -2.47. The summed E-state index contributed by atoms with van der Waals surface area (Å²) in [5.41, 5.74) is 3.09. The molecule has 2 radical (unpaired) electrons. The lowest BCUT2D eigenvalue weighted by Gasteiger charge is -2.35. The average Bonchev–Trinajstić information content (AvgIpc) is 3.52. The summed E-state index contributed by atoms with van der Waals surface area (Å²) in [4.78, 5) is 20.3. The number of halogens is 2. The second-order valence-electron chi connectivity index (χ2n) is 9.86. The van der Waals surface area contributed by atoms with Gasteiger partial charge in [-0.3, -0.25) is 14.6 Å². The number of aromatic nitrogens is 1. The van der Waals surface area contributed by atoms with Crippen LogP contribution in [0.15, 0.2) is 22.7 Å². The Bertz CT molecular complexity index is 1050. The van der Waals surface area contributed by atoms with Crippen LogP contribution in [-0.2, 0) is 11.3 Å². The maximum Gasteiger partial charge on any atom is 0.224 e. The zero-order valence-corrected chi connectivity index (χ0v) is 23.8. The number of aliphatic hydroxyl groups excluding tert-OH is 1. The Morgan fingerprint density at radius 3 is 2.61 bits per heavy atom. The lowest BCUT2D eigenvalue weighted by atomic mass is 10.1. The van der Waals surface area contributed by atoms with Crippen LogP contribution in [0.5, 0.6) is 0 Å². The van der Waals surface area contributed by atoms with Crippen LogP contribution in [0, 0.1) is 13.8 Å². The van der Waals surface area contributed by atoms with Gasteiger partial charge >= 0.3 is 0 Å². The van der Waals surface area contributed by atoms with Crippen molar-refractivity contribution in [2.45, 2.75) is 63.4 Å². The van der Waals surface area contributed by atoms with Crippen molar-refractivity contribution in [1.29, 1.82) is 0 Å². The van der Waals surface area contributed by atoms with Gasteiger partial charge in [0.2, 0.25) is 5.91 Å². The van der Waals surface area contributed by atoms with Crippen LogP contribution in [0.3, 0.4) is 0 Å². The first-order valence-corrected chi connectivity index (χ1v) is 13.9. The van der Waals surface area contributed by atoms with E-state index >= 15 is 0 Å². The number of hydrogen-bond donors (Lipinski definition) is 2. The second-order valence-corrected chi connectivity index (χ2v) is 11.3. The molecular weight excluding hydrogens is 516 g/mol. The molecular formula is C25H34AlCl2N5O3. The molecule has 4 atom stereocenters. The van der Waals surface area contributed by atoms with Gasteiger partial charge in [-0.05, 0) is 44.9 Å². The Morgan fingerprint density at radius 1 is 1.28 bits per heavy atom. The van der Waals surface area contributed by atoms with Crippen LogP contribution >= 0.6 is 23.2 Å². The molecule has 194 valence electrons. The fourth-order valence-electron chi connectivity index (χ4n) is 5.43. The summed E-state index contributed by atoms with van der Waals surface area (Å²) in [6.07, 6.45) is 1.58. The van der Waals surface area contributed by atoms with Crippen molar-refractivity contribution in [2.24, 2.45) is 0 Å². The molecule has 1 aromatic heterocycles. The molecule has 2 aliphatic heterocycles. The summed E-state index contributed by atoms with van der Waals surface area (Å²) in [5, 5.41) is 16.9. The molecule has 0 saturated carbocycles. The van der Waals surface area contributed by atoms with E-state index in [2.05, 4.69) is 36.6 Å². The Balaban J connectivity index is 1.34. The van der Waals surface area contributed by atoms with Gasteiger partial charge in [-0.1, -0.05) is 34.4 Å². The smallest absolute Gasteiger partial charge is 0.224 e. The number of likely N-dealkylation sites (tertiary alicyclic amines) is 2. The van der Waals surface area contributed by atoms with Crippen LogP contribution in [0.4, 0.5) is 0 Å². The molecule has 2 bridgehead atoms. The molecule has 3 heterocycles. The SMILES string of the molecule is Cc1noc(C)c1CN1CC2CC1CN2CCC(=O)N(CCN[CH](O)[Al])C(C)c1ccc(Cl)c(Cl)c1. The van der Waals surface area contributed by atoms with Crippen LogP contribution in [0.1, 0.15) is 48.4 Å². The number of hydrogen-bond acceptors (Lipinski definition) is 7. The highest BCUT2D eigenvalue weighted by molar-refractivity contribution is 6.42. The monoisotopic (exact) mass is 549 g/mol. The first-order chi connectivity index (χ1) is 17.1. The molecule has 2 aliphatic rings. The number of nitrogens with zero attached hydrogens (tertiary/aromatic N) is 4.